The summed E-state index contributed by atoms with van der Waals surface area (Å²) >= 11 is 7.05. The number of hydrogen-bond donors (Lipinski definition) is 4. The molecule has 2 aliphatic rings. The molecule has 2 aromatic rings. The lowest BCUT2D eigenvalue weighted by molar-refractivity contribution is -0.119. The van der Waals surface area contributed by atoms with Crippen molar-refractivity contribution in [1.29, 1.82) is 0 Å². The van der Waals surface area contributed by atoms with Crippen molar-refractivity contribution >= 4 is 63.8 Å². The first-order chi connectivity index (χ1) is 17.6. The van der Waals surface area contributed by atoms with Gasteiger partial charge in [-0.2, -0.15) is 0 Å². The molecule has 2 saturated heterocycles. The molecule has 0 spiro atoms. The molecule has 3 atom stereocenters. The van der Waals surface area contributed by atoms with Crippen LogP contribution in [0.2, 0.25) is 4.34 Å². The number of carbonyl (C=O) groups excluding carboxylic acids is 4. The Morgan fingerprint density at radius 1 is 1.24 bits per heavy atom. The third-order valence-electron chi connectivity index (χ3n) is 6.06. The lowest BCUT2D eigenvalue weighted by atomic mass is 10.2. The molecule has 37 heavy (non-hydrogen) atoms. The van der Waals surface area contributed by atoms with Gasteiger partial charge in [-0.25, -0.2) is 4.79 Å². The molecule has 2 fully saturated rings. The number of anilines is 3. The second-order valence-electron chi connectivity index (χ2n) is 9.04. The van der Waals surface area contributed by atoms with Crippen molar-refractivity contribution in [2.24, 2.45) is 5.73 Å². The summed E-state index contributed by atoms with van der Waals surface area (Å²) in [6.07, 6.45) is -0.334. The van der Waals surface area contributed by atoms with Gasteiger partial charge >= 0.3 is 6.09 Å². The summed E-state index contributed by atoms with van der Waals surface area (Å²) in [6.45, 7) is 4.71. The number of rotatable bonds is 8. The van der Waals surface area contributed by atoms with Gasteiger partial charge in [0, 0.05) is 31.7 Å². The van der Waals surface area contributed by atoms with Crippen LogP contribution in [0.3, 0.4) is 0 Å². The highest BCUT2D eigenvalue weighted by Gasteiger charge is 2.34. The second kappa shape index (κ2) is 11.4. The highest BCUT2D eigenvalue weighted by molar-refractivity contribution is 7.18. The Bertz CT molecular complexity index is 1200. The Balaban J connectivity index is 1.47. The molecule has 1 aromatic carbocycles. The van der Waals surface area contributed by atoms with Crippen molar-refractivity contribution in [3.05, 3.63) is 39.5 Å². The fourth-order valence-corrected chi connectivity index (χ4v) is 5.23. The van der Waals surface area contributed by atoms with Crippen LogP contribution in [0.1, 0.15) is 29.9 Å². The van der Waals surface area contributed by atoms with Gasteiger partial charge in [-0.3, -0.25) is 19.3 Å². The zero-order valence-electron chi connectivity index (χ0n) is 20.5. The van der Waals surface area contributed by atoms with Gasteiger partial charge in [0.2, 0.25) is 11.8 Å². The number of cyclic esters (lactones) is 1. The number of benzene rings is 1. The van der Waals surface area contributed by atoms with Crippen LogP contribution >= 0.6 is 22.9 Å². The fourth-order valence-electron chi connectivity index (χ4n) is 4.27. The van der Waals surface area contributed by atoms with E-state index in [2.05, 4.69) is 20.9 Å². The minimum absolute atomic E-state index is 0.00360. The van der Waals surface area contributed by atoms with Gasteiger partial charge in [0.1, 0.15) is 6.10 Å². The highest BCUT2D eigenvalue weighted by Crippen LogP contribution is 2.34. The minimum atomic E-state index is -0.731. The predicted molar refractivity (Wildman–Crippen MR) is 142 cm³/mol. The summed E-state index contributed by atoms with van der Waals surface area (Å²) in [4.78, 5) is 52.8. The monoisotopic (exact) mass is 548 g/mol. The number of nitrogens with two attached hydrogens (primary N) is 1. The van der Waals surface area contributed by atoms with E-state index in [0.717, 1.165) is 12.1 Å². The van der Waals surface area contributed by atoms with Crippen molar-refractivity contribution < 1.29 is 23.9 Å². The van der Waals surface area contributed by atoms with Gasteiger partial charge in [-0.1, -0.05) is 11.6 Å². The standard InChI is InChI=1S/C24H29ClN6O5S/c1-13(26)22(33)29-18-9-16(3-4-19(18)30-8-7-15(11-30)28-14(2)32)31-12-17(36-24(31)35)10-27-23(34)20-5-6-21(25)37-20/h3-6,9,13,15,17H,7-8,10-12,26H2,1-2H3,(H,27,34)(H,28,32)(H,29,33). The third kappa shape index (κ3) is 6.51. The first kappa shape index (κ1) is 26.7. The minimum Gasteiger partial charge on any atom is -0.442 e. The molecule has 0 aliphatic carbocycles. The molecule has 1 aromatic heterocycles. The normalized spacial score (nSPS) is 19.9. The fraction of sp³-hybridized carbons (Fsp3) is 0.417. The van der Waals surface area contributed by atoms with Gasteiger partial charge in [0.15, 0.2) is 0 Å². The molecule has 3 heterocycles. The molecule has 0 saturated carbocycles. The van der Waals surface area contributed by atoms with E-state index in [-0.39, 0.29) is 36.9 Å². The van der Waals surface area contributed by atoms with Crippen molar-refractivity contribution in [1.82, 2.24) is 10.6 Å². The molecule has 2 aliphatic heterocycles. The topological polar surface area (TPSA) is 146 Å². The van der Waals surface area contributed by atoms with Crippen LogP contribution < -0.4 is 31.5 Å². The van der Waals surface area contributed by atoms with Crippen molar-refractivity contribution in [3.63, 3.8) is 0 Å². The molecular formula is C24H29ClN6O5S. The number of halogens is 1. The number of nitrogens with one attached hydrogen (secondary N) is 3. The smallest absolute Gasteiger partial charge is 0.414 e. The lowest BCUT2D eigenvalue weighted by Crippen LogP contribution is -2.36. The van der Waals surface area contributed by atoms with E-state index in [4.69, 9.17) is 22.1 Å². The molecule has 198 valence electrons. The Morgan fingerprint density at radius 3 is 2.70 bits per heavy atom. The second-order valence-corrected chi connectivity index (χ2v) is 10.8. The van der Waals surface area contributed by atoms with Crippen molar-refractivity contribution in [2.45, 2.75) is 38.5 Å². The molecule has 5 N–H and O–H groups in total. The summed E-state index contributed by atoms with van der Waals surface area (Å²) in [7, 11) is 0. The Hall–Kier alpha value is -3.35. The average molecular weight is 549 g/mol. The Kier molecular flexibility index (Phi) is 8.20. The zero-order chi connectivity index (χ0) is 26.7. The van der Waals surface area contributed by atoms with Crippen LogP contribution in [-0.4, -0.2) is 68.2 Å². The molecule has 4 amide bonds. The van der Waals surface area contributed by atoms with Crippen LogP contribution in [0.25, 0.3) is 0 Å². The van der Waals surface area contributed by atoms with Gasteiger partial charge in [0.25, 0.3) is 5.91 Å². The summed E-state index contributed by atoms with van der Waals surface area (Å²) in [5, 5.41) is 8.54. The summed E-state index contributed by atoms with van der Waals surface area (Å²) < 4.78 is 5.96. The Labute approximate surface area is 223 Å². The van der Waals surface area contributed by atoms with E-state index in [9.17, 15) is 19.2 Å². The van der Waals surface area contributed by atoms with E-state index in [1.807, 2.05) is 6.07 Å². The quantitative estimate of drug-likeness (QED) is 0.395. The zero-order valence-corrected chi connectivity index (χ0v) is 22.0. The molecule has 3 unspecified atom stereocenters. The molecular weight excluding hydrogens is 520 g/mol. The maximum atomic E-state index is 12.6. The SMILES string of the molecule is CC(=O)NC1CCN(c2ccc(N3CC(CNC(=O)c4ccc(Cl)s4)OC3=O)cc2NC(=O)C(C)N)C1. The number of carbonyl (C=O) groups is 4. The molecule has 11 nitrogen and oxygen atoms in total. The number of nitrogens with zero attached hydrogens (tertiary/aromatic N) is 2. The predicted octanol–water partition coefficient (Wildman–Crippen LogP) is 2.16. The number of ether oxygens (including phenoxy) is 1. The van der Waals surface area contributed by atoms with E-state index in [1.165, 1.54) is 23.2 Å². The number of amides is 4. The van der Waals surface area contributed by atoms with Crippen LogP contribution in [0.5, 0.6) is 0 Å². The summed E-state index contributed by atoms with van der Waals surface area (Å²) in [5.41, 5.74) is 7.56. The van der Waals surface area contributed by atoms with Crippen molar-refractivity contribution in [3.8, 4) is 0 Å². The maximum Gasteiger partial charge on any atom is 0.414 e. The molecule has 0 bridgehead atoms. The van der Waals surface area contributed by atoms with Crippen LogP contribution in [0.4, 0.5) is 21.9 Å². The highest BCUT2D eigenvalue weighted by atomic mass is 35.5. The van der Waals surface area contributed by atoms with Crippen molar-refractivity contribution in [2.75, 3.05) is 41.3 Å². The first-order valence-corrected chi connectivity index (χ1v) is 13.0. The maximum absolute atomic E-state index is 12.6. The molecule has 0 radical (unpaired) electrons. The van der Waals surface area contributed by atoms with E-state index in [1.54, 1.807) is 31.2 Å². The van der Waals surface area contributed by atoms with Crippen LogP contribution in [0, 0.1) is 0 Å². The number of thiophene rings is 1. The van der Waals surface area contributed by atoms with Gasteiger partial charge in [-0.15, -0.1) is 11.3 Å². The molecule has 4 rings (SSSR count). The largest absolute Gasteiger partial charge is 0.442 e. The van der Waals surface area contributed by atoms with Gasteiger partial charge in [0.05, 0.1) is 39.7 Å². The van der Waals surface area contributed by atoms with Gasteiger partial charge < -0.3 is 31.3 Å². The third-order valence-corrected chi connectivity index (χ3v) is 7.29. The Morgan fingerprint density at radius 2 is 2.03 bits per heavy atom. The summed E-state index contributed by atoms with van der Waals surface area (Å²) in [6, 6.07) is 7.86. The van der Waals surface area contributed by atoms with E-state index < -0.39 is 18.2 Å². The van der Waals surface area contributed by atoms with E-state index in [0.29, 0.717) is 33.7 Å². The molecule has 13 heteroatoms. The summed E-state index contributed by atoms with van der Waals surface area (Å²) in [5.74, 6) is -0.751. The van der Waals surface area contributed by atoms with Gasteiger partial charge in [-0.05, 0) is 43.7 Å². The number of hydrogen-bond acceptors (Lipinski definition) is 8. The first-order valence-electron chi connectivity index (χ1n) is 11.8. The van der Waals surface area contributed by atoms with Crippen LogP contribution in [-0.2, 0) is 14.3 Å². The lowest BCUT2D eigenvalue weighted by Gasteiger charge is -2.25. The average Bonchev–Trinajstić information content (AvgIpc) is 3.57. The van der Waals surface area contributed by atoms with Crippen LogP contribution in [0.15, 0.2) is 30.3 Å². The van der Waals surface area contributed by atoms with E-state index >= 15 is 0 Å².